The molecule has 0 saturated heterocycles. The van der Waals surface area contributed by atoms with Gasteiger partial charge in [-0.3, -0.25) is 13.9 Å². The van der Waals surface area contributed by atoms with E-state index in [1.165, 1.54) is 16.3 Å². The van der Waals surface area contributed by atoms with Crippen LogP contribution in [0.5, 0.6) is 0 Å². The highest BCUT2D eigenvalue weighted by atomic mass is 32.2. The molecule has 0 spiro atoms. The number of rotatable bonds is 9. The SMILES string of the molecule is CCc1c(Sc2cc(C)cc(C)c2)n(C/C=C/c2ccccc2)c(=O)n(C/C=C/c2ccccc2)c1=O. The number of aryl methyl sites for hydroxylation is 2. The van der Waals surface area contributed by atoms with Gasteiger partial charge in [0.05, 0.1) is 5.03 Å². The molecular weight excluding hydrogens is 476 g/mol. The highest BCUT2D eigenvalue weighted by Crippen LogP contribution is 2.30. The van der Waals surface area contributed by atoms with Crippen LogP contribution in [0.4, 0.5) is 0 Å². The zero-order valence-corrected chi connectivity index (χ0v) is 22.4. The van der Waals surface area contributed by atoms with Crippen molar-refractivity contribution in [3.63, 3.8) is 0 Å². The molecule has 37 heavy (non-hydrogen) atoms. The molecule has 0 bridgehead atoms. The molecule has 4 nitrogen and oxygen atoms in total. The average molecular weight is 509 g/mol. The Bertz CT molecular complexity index is 1510. The lowest BCUT2D eigenvalue weighted by Gasteiger charge is -2.17. The standard InChI is InChI=1S/C32H32N2O2S/c1-4-29-30(35)33(19-11-17-26-13-7-5-8-14-26)32(36)34(20-12-18-27-15-9-6-10-16-27)31(29)37-28-22-24(2)21-25(3)23-28/h5-18,21-23H,4,19-20H2,1-3H3/b17-11+,18-12+. The van der Waals surface area contributed by atoms with Crippen LogP contribution in [0.1, 0.15) is 34.7 Å². The van der Waals surface area contributed by atoms with Gasteiger partial charge in [-0.15, -0.1) is 0 Å². The number of nitrogens with zero attached hydrogens (tertiary/aromatic N) is 2. The van der Waals surface area contributed by atoms with Crippen LogP contribution in [0.2, 0.25) is 0 Å². The van der Waals surface area contributed by atoms with E-state index in [2.05, 4.69) is 32.0 Å². The smallest absolute Gasteiger partial charge is 0.283 e. The van der Waals surface area contributed by atoms with Crippen LogP contribution in [-0.4, -0.2) is 9.13 Å². The van der Waals surface area contributed by atoms with Gasteiger partial charge in [0.1, 0.15) is 0 Å². The van der Waals surface area contributed by atoms with E-state index in [1.807, 2.05) is 91.9 Å². The minimum Gasteiger partial charge on any atom is -0.283 e. The fourth-order valence-electron chi connectivity index (χ4n) is 4.30. The summed E-state index contributed by atoms with van der Waals surface area (Å²) in [6, 6.07) is 26.2. The summed E-state index contributed by atoms with van der Waals surface area (Å²) in [5.41, 5.74) is 4.53. The lowest BCUT2D eigenvalue weighted by molar-refractivity contribution is 0.568. The lowest BCUT2D eigenvalue weighted by Crippen LogP contribution is -2.42. The first-order valence-electron chi connectivity index (χ1n) is 12.5. The third-order valence-corrected chi connectivity index (χ3v) is 7.16. The molecule has 0 N–H and O–H groups in total. The van der Waals surface area contributed by atoms with Crippen molar-refractivity contribution in [1.29, 1.82) is 0 Å². The molecule has 4 rings (SSSR count). The Morgan fingerprint density at radius 1 is 0.730 bits per heavy atom. The molecule has 3 aromatic carbocycles. The number of hydrogen-bond acceptors (Lipinski definition) is 3. The third kappa shape index (κ3) is 6.69. The summed E-state index contributed by atoms with van der Waals surface area (Å²) in [5, 5.41) is 0.712. The summed E-state index contributed by atoms with van der Waals surface area (Å²) in [6.45, 7) is 6.68. The summed E-state index contributed by atoms with van der Waals surface area (Å²) in [5.74, 6) is 0. The third-order valence-electron chi connectivity index (χ3n) is 6.03. The summed E-state index contributed by atoms with van der Waals surface area (Å²) in [6.07, 6.45) is 8.34. The predicted molar refractivity (Wildman–Crippen MR) is 155 cm³/mol. The van der Waals surface area contributed by atoms with E-state index in [-0.39, 0.29) is 17.8 Å². The van der Waals surface area contributed by atoms with E-state index >= 15 is 0 Å². The van der Waals surface area contributed by atoms with Crippen molar-refractivity contribution in [3.05, 3.63) is 140 Å². The van der Waals surface area contributed by atoms with Crippen molar-refractivity contribution in [2.45, 2.75) is 50.2 Å². The second-order valence-electron chi connectivity index (χ2n) is 9.00. The van der Waals surface area contributed by atoms with E-state index in [9.17, 15) is 9.59 Å². The molecule has 0 fully saturated rings. The van der Waals surface area contributed by atoms with Gasteiger partial charge < -0.3 is 0 Å². The van der Waals surface area contributed by atoms with Gasteiger partial charge in [-0.1, -0.05) is 110 Å². The molecule has 0 atom stereocenters. The highest BCUT2D eigenvalue weighted by Gasteiger charge is 2.18. The van der Waals surface area contributed by atoms with E-state index in [0.717, 1.165) is 27.1 Å². The zero-order chi connectivity index (χ0) is 26.2. The Kier molecular flexibility index (Phi) is 8.81. The normalized spacial score (nSPS) is 11.5. The van der Waals surface area contributed by atoms with Gasteiger partial charge >= 0.3 is 5.69 Å². The van der Waals surface area contributed by atoms with E-state index in [4.69, 9.17) is 0 Å². The van der Waals surface area contributed by atoms with Crippen molar-refractivity contribution in [2.75, 3.05) is 0 Å². The Hall–Kier alpha value is -3.83. The second kappa shape index (κ2) is 12.4. The molecule has 0 amide bonds. The van der Waals surface area contributed by atoms with Gasteiger partial charge in [0, 0.05) is 23.5 Å². The predicted octanol–water partition coefficient (Wildman–Crippen LogP) is 6.77. The highest BCUT2D eigenvalue weighted by molar-refractivity contribution is 7.99. The monoisotopic (exact) mass is 508 g/mol. The van der Waals surface area contributed by atoms with Crippen molar-refractivity contribution >= 4 is 23.9 Å². The number of aromatic nitrogens is 2. The minimum absolute atomic E-state index is 0.219. The molecule has 0 saturated carbocycles. The van der Waals surface area contributed by atoms with Crippen molar-refractivity contribution in [2.24, 2.45) is 0 Å². The van der Waals surface area contributed by atoms with Crippen LogP contribution < -0.4 is 11.2 Å². The van der Waals surface area contributed by atoms with Gasteiger partial charge in [-0.25, -0.2) is 4.79 Å². The molecule has 188 valence electrons. The van der Waals surface area contributed by atoms with Crippen LogP contribution >= 0.6 is 11.8 Å². The molecule has 5 heteroatoms. The van der Waals surface area contributed by atoms with Crippen molar-refractivity contribution in [1.82, 2.24) is 9.13 Å². The van der Waals surface area contributed by atoms with Gasteiger partial charge in [0.2, 0.25) is 0 Å². The minimum atomic E-state index is -0.301. The first-order valence-corrected chi connectivity index (χ1v) is 13.3. The average Bonchev–Trinajstić information content (AvgIpc) is 2.89. The fraction of sp³-hybridized carbons (Fsp3) is 0.188. The lowest BCUT2D eigenvalue weighted by atomic mass is 10.2. The first kappa shape index (κ1) is 26.2. The molecule has 1 aromatic heterocycles. The maximum atomic E-state index is 13.7. The van der Waals surface area contributed by atoms with Crippen LogP contribution in [0.15, 0.2) is 111 Å². The van der Waals surface area contributed by atoms with E-state index < -0.39 is 0 Å². The van der Waals surface area contributed by atoms with Crippen LogP contribution in [0.25, 0.3) is 12.2 Å². The Labute approximate surface area is 222 Å². The molecule has 0 unspecified atom stereocenters. The Morgan fingerprint density at radius 2 is 1.24 bits per heavy atom. The molecule has 0 radical (unpaired) electrons. The maximum Gasteiger partial charge on any atom is 0.332 e. The van der Waals surface area contributed by atoms with E-state index in [0.29, 0.717) is 23.6 Å². The van der Waals surface area contributed by atoms with E-state index in [1.54, 1.807) is 4.57 Å². The number of allylic oxidation sites excluding steroid dienone is 2. The summed E-state index contributed by atoms with van der Waals surface area (Å²) >= 11 is 1.50. The zero-order valence-electron chi connectivity index (χ0n) is 21.6. The Balaban J connectivity index is 1.78. The summed E-state index contributed by atoms with van der Waals surface area (Å²) < 4.78 is 3.08. The topological polar surface area (TPSA) is 44.0 Å². The molecule has 1 heterocycles. The molecular formula is C32H32N2O2S. The van der Waals surface area contributed by atoms with Gasteiger partial charge in [-0.05, 0) is 54.7 Å². The fourth-order valence-corrected chi connectivity index (χ4v) is 5.63. The quantitative estimate of drug-likeness (QED) is 0.234. The van der Waals surface area contributed by atoms with Crippen molar-refractivity contribution in [3.8, 4) is 0 Å². The molecule has 0 aliphatic heterocycles. The second-order valence-corrected chi connectivity index (χ2v) is 10.1. The van der Waals surface area contributed by atoms with Crippen LogP contribution in [0.3, 0.4) is 0 Å². The van der Waals surface area contributed by atoms with Crippen LogP contribution in [0, 0.1) is 13.8 Å². The van der Waals surface area contributed by atoms with Crippen LogP contribution in [-0.2, 0) is 19.5 Å². The summed E-state index contributed by atoms with van der Waals surface area (Å²) in [7, 11) is 0. The maximum absolute atomic E-state index is 13.7. The van der Waals surface area contributed by atoms with Gasteiger partial charge in [0.15, 0.2) is 0 Å². The van der Waals surface area contributed by atoms with Gasteiger partial charge in [-0.2, -0.15) is 0 Å². The largest absolute Gasteiger partial charge is 0.332 e. The molecule has 4 aromatic rings. The molecule has 0 aliphatic rings. The Morgan fingerprint density at radius 3 is 1.76 bits per heavy atom. The summed E-state index contributed by atoms with van der Waals surface area (Å²) in [4.78, 5) is 28.3. The van der Waals surface area contributed by atoms with Gasteiger partial charge in [0.25, 0.3) is 5.56 Å². The number of hydrogen-bond donors (Lipinski definition) is 0. The molecule has 0 aliphatic carbocycles. The van der Waals surface area contributed by atoms with Crippen molar-refractivity contribution < 1.29 is 0 Å². The number of benzene rings is 3. The first-order chi connectivity index (χ1) is 18.0.